The van der Waals surface area contributed by atoms with Gasteiger partial charge < -0.3 is 20.6 Å². The predicted octanol–water partition coefficient (Wildman–Crippen LogP) is 5.00. The highest BCUT2D eigenvalue weighted by molar-refractivity contribution is 6.03. The first-order valence-electron chi connectivity index (χ1n) is 12.7. The minimum absolute atomic E-state index is 0. The molecule has 2 aliphatic heterocycles. The van der Waals surface area contributed by atoms with Gasteiger partial charge in [-0.3, -0.25) is 9.59 Å². The Labute approximate surface area is 240 Å². The number of aromatic nitrogens is 2. The molecule has 3 N–H and O–H groups in total. The van der Waals surface area contributed by atoms with Crippen molar-refractivity contribution in [3.8, 4) is 0 Å². The summed E-state index contributed by atoms with van der Waals surface area (Å²) in [6, 6.07) is 9.76. The molecule has 2 aromatic carbocycles. The summed E-state index contributed by atoms with van der Waals surface area (Å²) in [5.74, 6) is -0.381. The highest BCUT2D eigenvalue weighted by Crippen LogP contribution is 2.32. The van der Waals surface area contributed by atoms with Gasteiger partial charge in [-0.15, -0.1) is 12.4 Å². The zero-order chi connectivity index (χ0) is 28.3. The Balaban J connectivity index is 0.00000387. The molecule has 1 atom stereocenters. The molecule has 41 heavy (non-hydrogen) atoms. The van der Waals surface area contributed by atoms with Gasteiger partial charge in [-0.1, -0.05) is 30.4 Å². The third-order valence-electron chi connectivity index (χ3n) is 6.76. The van der Waals surface area contributed by atoms with Crippen molar-refractivity contribution in [3.63, 3.8) is 0 Å². The van der Waals surface area contributed by atoms with Crippen LogP contribution in [0.15, 0.2) is 73.1 Å². The van der Waals surface area contributed by atoms with Gasteiger partial charge in [-0.2, -0.15) is 13.2 Å². The van der Waals surface area contributed by atoms with Crippen molar-refractivity contribution in [2.24, 2.45) is 0 Å². The molecule has 214 valence electrons. The summed E-state index contributed by atoms with van der Waals surface area (Å²) < 4.78 is 39.4. The smallest absolute Gasteiger partial charge is 0.383 e. The topological polar surface area (TPSA) is 107 Å². The van der Waals surface area contributed by atoms with Gasteiger partial charge in [-0.05, 0) is 48.2 Å². The maximum absolute atomic E-state index is 13.1. The van der Waals surface area contributed by atoms with Crippen molar-refractivity contribution in [1.29, 1.82) is 0 Å². The number of carbonyl (C=O) groups excluding carboxylic acids is 2. The molecule has 0 saturated carbocycles. The largest absolute Gasteiger partial charge is 0.416 e. The molecule has 2 amide bonds. The Hall–Kier alpha value is -4.22. The average Bonchev–Trinajstić information content (AvgIpc) is 3.47. The number of alkyl halides is 3. The second-order valence-corrected chi connectivity index (χ2v) is 9.51. The standard InChI is InChI=1S/C29H26F3N5O3.ClH/c30-29(31,32)20-11-9-18(10-12-20)21(19-16-33-28(34-17-19)37-13-1-2-14-37)5-3-8-26(39)35-23-6-4-7-24-22(23)15-25(38)27(40)36-24;/h3-12,16-17,25,38H,1-2,13-15H2,(H,35,39)(H,36,40);1H/b8-3+,21-5+;. The lowest BCUT2D eigenvalue weighted by Crippen LogP contribution is -2.34. The number of carbonyl (C=O) groups is 2. The molecule has 1 fully saturated rings. The predicted molar refractivity (Wildman–Crippen MR) is 152 cm³/mol. The first kappa shape index (κ1) is 29.8. The fraction of sp³-hybridized carbons (Fsp3) is 0.241. The van der Waals surface area contributed by atoms with E-state index in [1.807, 2.05) is 0 Å². The molecule has 0 radical (unpaired) electrons. The van der Waals surface area contributed by atoms with Crippen LogP contribution in [0.1, 0.15) is 35.1 Å². The van der Waals surface area contributed by atoms with E-state index in [4.69, 9.17) is 0 Å². The van der Waals surface area contributed by atoms with Crippen LogP contribution in [0.2, 0.25) is 0 Å². The Bertz CT molecular complexity index is 1470. The average molecular weight is 586 g/mol. The van der Waals surface area contributed by atoms with Gasteiger partial charge in [0.1, 0.15) is 6.10 Å². The van der Waals surface area contributed by atoms with E-state index < -0.39 is 29.7 Å². The molecule has 0 spiro atoms. The number of amides is 2. The molecule has 3 heterocycles. The number of hydrogen-bond donors (Lipinski definition) is 3. The number of nitrogens with zero attached hydrogens (tertiary/aromatic N) is 3. The number of aliphatic hydroxyl groups is 1. The molecule has 1 saturated heterocycles. The number of nitrogens with one attached hydrogen (secondary N) is 2. The van der Waals surface area contributed by atoms with Crippen LogP contribution in [0.5, 0.6) is 0 Å². The lowest BCUT2D eigenvalue weighted by Gasteiger charge is -2.23. The van der Waals surface area contributed by atoms with Crippen molar-refractivity contribution < 1.29 is 27.9 Å². The van der Waals surface area contributed by atoms with Gasteiger partial charge in [0, 0.05) is 60.5 Å². The summed E-state index contributed by atoms with van der Waals surface area (Å²) >= 11 is 0. The molecule has 1 aromatic heterocycles. The van der Waals surface area contributed by atoms with Crippen LogP contribution in [-0.2, 0) is 22.2 Å². The quantitative estimate of drug-likeness (QED) is 0.278. The van der Waals surface area contributed by atoms with E-state index in [0.29, 0.717) is 39.6 Å². The fourth-order valence-corrected chi connectivity index (χ4v) is 4.69. The molecule has 3 aromatic rings. The van der Waals surface area contributed by atoms with Gasteiger partial charge in [0.05, 0.1) is 5.56 Å². The van der Waals surface area contributed by atoms with Gasteiger partial charge in [-0.25, -0.2) is 9.97 Å². The van der Waals surface area contributed by atoms with Crippen molar-refractivity contribution in [1.82, 2.24) is 9.97 Å². The van der Waals surface area contributed by atoms with Crippen LogP contribution in [0, 0.1) is 0 Å². The first-order valence-corrected chi connectivity index (χ1v) is 12.7. The summed E-state index contributed by atoms with van der Waals surface area (Å²) in [5, 5.41) is 15.3. The maximum atomic E-state index is 13.1. The highest BCUT2D eigenvalue weighted by atomic mass is 35.5. The zero-order valence-electron chi connectivity index (χ0n) is 21.7. The SMILES string of the molecule is Cl.O=C(/C=C/C=C(\c1ccc(C(F)(F)F)cc1)c1cnc(N2CCCC2)nc1)Nc1cccc2c1CC(O)C(=O)N2. The summed E-state index contributed by atoms with van der Waals surface area (Å²) in [5.41, 5.74) is 2.41. The summed E-state index contributed by atoms with van der Waals surface area (Å²) in [6.07, 6.45) is 4.13. The summed E-state index contributed by atoms with van der Waals surface area (Å²) in [6.45, 7) is 1.74. The Kier molecular flexibility index (Phi) is 9.09. The number of anilines is 3. The Morgan fingerprint density at radius 1 is 1.05 bits per heavy atom. The normalized spacial score (nSPS) is 17.2. The number of halogens is 4. The second kappa shape index (κ2) is 12.5. The van der Waals surface area contributed by atoms with Crippen LogP contribution in [-0.4, -0.2) is 46.1 Å². The van der Waals surface area contributed by atoms with E-state index in [0.717, 1.165) is 38.1 Å². The summed E-state index contributed by atoms with van der Waals surface area (Å²) in [4.78, 5) is 35.4. The molecule has 5 rings (SSSR count). The van der Waals surface area contributed by atoms with E-state index in [-0.39, 0.29) is 18.8 Å². The summed E-state index contributed by atoms with van der Waals surface area (Å²) in [7, 11) is 0. The monoisotopic (exact) mass is 585 g/mol. The van der Waals surface area contributed by atoms with E-state index >= 15 is 0 Å². The van der Waals surface area contributed by atoms with Gasteiger partial charge in [0.2, 0.25) is 11.9 Å². The van der Waals surface area contributed by atoms with Crippen molar-refractivity contribution >= 4 is 47.1 Å². The van der Waals surface area contributed by atoms with Crippen molar-refractivity contribution in [2.75, 3.05) is 28.6 Å². The Morgan fingerprint density at radius 2 is 1.73 bits per heavy atom. The van der Waals surface area contributed by atoms with Crippen LogP contribution < -0.4 is 15.5 Å². The molecule has 1 unspecified atom stereocenters. The van der Waals surface area contributed by atoms with E-state index in [9.17, 15) is 27.9 Å². The number of aliphatic hydroxyl groups excluding tert-OH is 1. The lowest BCUT2D eigenvalue weighted by molar-refractivity contribution is -0.137. The zero-order valence-corrected chi connectivity index (χ0v) is 22.5. The van der Waals surface area contributed by atoms with E-state index in [2.05, 4.69) is 25.5 Å². The number of hydrogen-bond acceptors (Lipinski definition) is 6. The minimum atomic E-state index is -4.46. The van der Waals surface area contributed by atoms with Gasteiger partial charge in [0.25, 0.3) is 5.91 Å². The van der Waals surface area contributed by atoms with Crippen LogP contribution >= 0.6 is 12.4 Å². The third kappa shape index (κ3) is 6.93. The molecule has 0 aliphatic carbocycles. The maximum Gasteiger partial charge on any atom is 0.416 e. The molecular formula is C29H27ClF3N5O3. The number of fused-ring (bicyclic) bond motifs is 1. The van der Waals surface area contributed by atoms with E-state index in [1.54, 1.807) is 36.7 Å². The van der Waals surface area contributed by atoms with Crippen molar-refractivity contribution in [2.45, 2.75) is 31.5 Å². The van der Waals surface area contributed by atoms with E-state index in [1.165, 1.54) is 24.3 Å². The number of rotatable bonds is 6. The van der Waals surface area contributed by atoms with Crippen LogP contribution in [0.4, 0.5) is 30.5 Å². The van der Waals surface area contributed by atoms with Crippen LogP contribution in [0.3, 0.4) is 0 Å². The fourth-order valence-electron chi connectivity index (χ4n) is 4.69. The second-order valence-electron chi connectivity index (χ2n) is 9.51. The molecular weight excluding hydrogens is 559 g/mol. The molecule has 2 aliphatic rings. The number of benzene rings is 2. The third-order valence-corrected chi connectivity index (χ3v) is 6.76. The lowest BCUT2D eigenvalue weighted by atomic mass is 9.98. The highest BCUT2D eigenvalue weighted by Gasteiger charge is 2.30. The molecule has 0 bridgehead atoms. The van der Waals surface area contributed by atoms with Crippen molar-refractivity contribution in [3.05, 3.63) is 95.3 Å². The first-order chi connectivity index (χ1) is 19.2. The Morgan fingerprint density at radius 3 is 2.39 bits per heavy atom. The molecule has 8 nitrogen and oxygen atoms in total. The van der Waals surface area contributed by atoms with Gasteiger partial charge >= 0.3 is 6.18 Å². The minimum Gasteiger partial charge on any atom is -0.383 e. The van der Waals surface area contributed by atoms with Gasteiger partial charge in [0.15, 0.2) is 0 Å². The van der Waals surface area contributed by atoms with Crippen LogP contribution in [0.25, 0.3) is 5.57 Å². The molecule has 12 heteroatoms. The number of allylic oxidation sites excluding steroid dienone is 2.